The topological polar surface area (TPSA) is 95.7 Å². The van der Waals surface area contributed by atoms with Gasteiger partial charge in [-0.15, -0.1) is 0 Å². The summed E-state index contributed by atoms with van der Waals surface area (Å²) in [6.07, 6.45) is 2.04. The number of imide groups is 1. The van der Waals surface area contributed by atoms with E-state index in [1.807, 2.05) is 26.0 Å². The van der Waals surface area contributed by atoms with E-state index in [1.165, 1.54) is 6.08 Å². The van der Waals surface area contributed by atoms with Crippen LogP contribution in [0.5, 0.6) is 0 Å². The van der Waals surface area contributed by atoms with Gasteiger partial charge in [-0.3, -0.25) is 14.5 Å². The monoisotopic (exact) mass is 341 g/mol. The Bertz CT molecular complexity index is 837. The summed E-state index contributed by atoms with van der Waals surface area (Å²) < 4.78 is 5.66. The highest BCUT2D eigenvalue weighted by atomic mass is 16.4. The van der Waals surface area contributed by atoms with Crippen LogP contribution in [-0.4, -0.2) is 40.0 Å². The van der Waals surface area contributed by atoms with Crippen LogP contribution < -0.4 is 5.32 Å². The normalized spacial score (nSPS) is 14.2. The number of rotatable bonds is 6. The van der Waals surface area contributed by atoms with Crippen molar-refractivity contribution in [2.24, 2.45) is 0 Å². The first kappa shape index (κ1) is 16.9. The van der Waals surface area contributed by atoms with Gasteiger partial charge in [0.2, 0.25) is 5.89 Å². The van der Waals surface area contributed by atoms with Crippen molar-refractivity contribution in [3.8, 4) is 11.5 Å². The molecule has 7 heteroatoms. The molecule has 2 aromatic rings. The van der Waals surface area contributed by atoms with E-state index in [1.54, 1.807) is 12.1 Å². The number of amides is 2. The molecule has 2 amide bonds. The number of aliphatic hydroxyl groups is 1. The van der Waals surface area contributed by atoms with Crippen molar-refractivity contribution in [2.45, 2.75) is 20.3 Å². The van der Waals surface area contributed by atoms with E-state index in [2.05, 4.69) is 10.3 Å². The number of aromatic nitrogens is 1. The third-order valence-corrected chi connectivity index (χ3v) is 3.97. The second-order valence-corrected chi connectivity index (χ2v) is 5.65. The lowest BCUT2D eigenvalue weighted by Crippen LogP contribution is -2.34. The van der Waals surface area contributed by atoms with Gasteiger partial charge < -0.3 is 14.8 Å². The highest BCUT2D eigenvalue weighted by Crippen LogP contribution is 2.24. The molecule has 1 aliphatic rings. The Morgan fingerprint density at radius 2 is 1.96 bits per heavy atom. The maximum absolute atomic E-state index is 12.1. The average Bonchev–Trinajstić information content (AvgIpc) is 3.10. The van der Waals surface area contributed by atoms with Crippen LogP contribution >= 0.6 is 0 Å². The largest absolute Gasteiger partial charge is 0.441 e. The Labute approximate surface area is 145 Å². The second-order valence-electron chi connectivity index (χ2n) is 5.65. The molecule has 2 heterocycles. The number of oxazole rings is 1. The molecular formula is C18H19N3O4. The van der Waals surface area contributed by atoms with Crippen molar-refractivity contribution in [3.05, 3.63) is 47.5 Å². The minimum atomic E-state index is -0.445. The van der Waals surface area contributed by atoms with Crippen LogP contribution in [-0.2, 0) is 16.0 Å². The molecule has 0 aliphatic carbocycles. The van der Waals surface area contributed by atoms with Gasteiger partial charge in [-0.1, -0.05) is 6.92 Å². The van der Waals surface area contributed by atoms with E-state index in [9.17, 15) is 9.59 Å². The summed E-state index contributed by atoms with van der Waals surface area (Å²) in [5.41, 5.74) is 2.62. The smallest absolute Gasteiger partial charge is 0.277 e. The van der Waals surface area contributed by atoms with Gasteiger partial charge >= 0.3 is 0 Å². The molecule has 0 saturated heterocycles. The SMILES string of the molecule is CCc1nc(-c2ccc(NC3=CC(=O)N(CCO)C3=O)cc2)oc1C. The Morgan fingerprint density at radius 1 is 1.24 bits per heavy atom. The Morgan fingerprint density at radius 3 is 2.56 bits per heavy atom. The number of carbonyl (C=O) groups excluding carboxylic acids is 2. The standard InChI is InChI=1S/C18H19N3O4/c1-3-14-11(2)25-17(20-14)12-4-6-13(7-5-12)19-15-10-16(23)21(8-9-22)18(15)24/h4-7,10,19,22H,3,8-9H2,1-2H3. The lowest BCUT2D eigenvalue weighted by Gasteiger charge is -2.13. The van der Waals surface area contributed by atoms with Crippen molar-refractivity contribution in [1.29, 1.82) is 0 Å². The zero-order valence-corrected chi connectivity index (χ0v) is 14.1. The van der Waals surface area contributed by atoms with E-state index in [4.69, 9.17) is 9.52 Å². The summed E-state index contributed by atoms with van der Waals surface area (Å²) in [6.45, 7) is 3.64. The summed E-state index contributed by atoms with van der Waals surface area (Å²) in [4.78, 5) is 29.3. The van der Waals surface area contributed by atoms with Crippen LogP contribution in [0.2, 0.25) is 0 Å². The third-order valence-electron chi connectivity index (χ3n) is 3.97. The molecule has 0 bridgehead atoms. The first-order valence-electron chi connectivity index (χ1n) is 8.05. The van der Waals surface area contributed by atoms with Gasteiger partial charge in [-0.2, -0.15) is 0 Å². The Kier molecular flexibility index (Phi) is 4.67. The van der Waals surface area contributed by atoms with Crippen LogP contribution in [0.25, 0.3) is 11.5 Å². The van der Waals surface area contributed by atoms with Crippen molar-refractivity contribution in [1.82, 2.24) is 9.88 Å². The van der Waals surface area contributed by atoms with E-state index in [0.29, 0.717) is 11.6 Å². The maximum Gasteiger partial charge on any atom is 0.277 e. The van der Waals surface area contributed by atoms with Crippen molar-refractivity contribution >= 4 is 17.5 Å². The number of nitrogens with zero attached hydrogens (tertiary/aromatic N) is 2. The summed E-state index contributed by atoms with van der Waals surface area (Å²) in [7, 11) is 0. The third kappa shape index (κ3) is 3.32. The zero-order valence-electron chi connectivity index (χ0n) is 14.1. The molecule has 25 heavy (non-hydrogen) atoms. The molecule has 1 aromatic carbocycles. The van der Waals surface area contributed by atoms with Crippen molar-refractivity contribution in [2.75, 3.05) is 18.5 Å². The van der Waals surface area contributed by atoms with Crippen LogP contribution in [0.1, 0.15) is 18.4 Å². The lowest BCUT2D eigenvalue weighted by molar-refractivity contribution is -0.137. The summed E-state index contributed by atoms with van der Waals surface area (Å²) in [6, 6.07) is 7.24. The van der Waals surface area contributed by atoms with Crippen LogP contribution in [0.4, 0.5) is 5.69 Å². The first-order valence-corrected chi connectivity index (χ1v) is 8.05. The summed E-state index contributed by atoms with van der Waals surface area (Å²) in [5, 5.41) is 11.8. The molecule has 0 radical (unpaired) electrons. The number of nitrogens with one attached hydrogen (secondary N) is 1. The van der Waals surface area contributed by atoms with E-state index in [-0.39, 0.29) is 18.8 Å². The molecular weight excluding hydrogens is 322 g/mol. The maximum atomic E-state index is 12.1. The molecule has 1 aliphatic heterocycles. The fraction of sp³-hybridized carbons (Fsp3) is 0.278. The molecule has 3 rings (SSSR count). The molecule has 1 aromatic heterocycles. The minimum Gasteiger partial charge on any atom is -0.441 e. The number of carbonyl (C=O) groups is 2. The molecule has 2 N–H and O–H groups in total. The van der Waals surface area contributed by atoms with E-state index < -0.39 is 11.8 Å². The molecule has 0 atom stereocenters. The molecule has 0 spiro atoms. The van der Waals surface area contributed by atoms with Gasteiger partial charge in [0, 0.05) is 17.3 Å². The van der Waals surface area contributed by atoms with Gasteiger partial charge in [0.25, 0.3) is 11.8 Å². The van der Waals surface area contributed by atoms with Gasteiger partial charge in [-0.25, -0.2) is 4.98 Å². The van der Waals surface area contributed by atoms with Crippen molar-refractivity contribution in [3.63, 3.8) is 0 Å². The van der Waals surface area contributed by atoms with Crippen LogP contribution in [0.15, 0.2) is 40.5 Å². The quantitative estimate of drug-likeness (QED) is 0.779. The molecule has 7 nitrogen and oxygen atoms in total. The number of anilines is 1. The Hall–Kier alpha value is -2.93. The zero-order chi connectivity index (χ0) is 18.0. The molecule has 130 valence electrons. The number of β-amino-alcohol motifs (C(OH)–C–C–N with tert-alkyl or cyclic N) is 1. The number of aryl methyl sites for hydroxylation is 2. The number of hydrogen-bond acceptors (Lipinski definition) is 6. The lowest BCUT2D eigenvalue weighted by atomic mass is 10.2. The van der Waals surface area contributed by atoms with Gasteiger partial charge in [0.05, 0.1) is 18.8 Å². The van der Waals surface area contributed by atoms with Crippen LogP contribution in [0.3, 0.4) is 0 Å². The fourth-order valence-electron chi connectivity index (χ4n) is 2.64. The summed E-state index contributed by atoms with van der Waals surface area (Å²) >= 11 is 0. The number of hydrogen-bond donors (Lipinski definition) is 2. The highest BCUT2D eigenvalue weighted by Gasteiger charge is 2.30. The molecule has 0 unspecified atom stereocenters. The van der Waals surface area contributed by atoms with Gasteiger partial charge in [0.1, 0.15) is 11.5 Å². The first-order chi connectivity index (χ1) is 12.0. The van der Waals surface area contributed by atoms with E-state index in [0.717, 1.165) is 28.3 Å². The molecule has 0 fully saturated rings. The number of aliphatic hydroxyl groups excluding tert-OH is 1. The molecule has 0 saturated carbocycles. The highest BCUT2D eigenvalue weighted by molar-refractivity contribution is 6.17. The average molecular weight is 341 g/mol. The predicted molar refractivity (Wildman–Crippen MR) is 91.6 cm³/mol. The van der Waals surface area contributed by atoms with E-state index >= 15 is 0 Å². The summed E-state index contributed by atoms with van der Waals surface area (Å²) in [5.74, 6) is 0.491. The number of benzene rings is 1. The minimum absolute atomic E-state index is 0.0123. The Balaban J connectivity index is 1.74. The second kappa shape index (κ2) is 6.90. The fourth-order valence-corrected chi connectivity index (χ4v) is 2.64. The van der Waals surface area contributed by atoms with Gasteiger partial charge in [-0.05, 0) is 37.6 Å². The predicted octanol–water partition coefficient (Wildman–Crippen LogP) is 1.87. The van der Waals surface area contributed by atoms with Crippen molar-refractivity contribution < 1.29 is 19.1 Å². The van der Waals surface area contributed by atoms with Gasteiger partial charge in [0.15, 0.2) is 0 Å². The van der Waals surface area contributed by atoms with Crippen LogP contribution in [0, 0.1) is 6.92 Å².